The first-order valence-corrected chi connectivity index (χ1v) is 12.2. The number of hydrogen-bond donors (Lipinski definition) is 1. The zero-order valence-corrected chi connectivity index (χ0v) is 19.6. The molecule has 3 heteroatoms. The maximum Gasteiger partial charge on any atom is 0.115 e. The summed E-state index contributed by atoms with van der Waals surface area (Å²) in [5, 5.41) is 11.8. The van der Waals surface area contributed by atoms with E-state index in [4.69, 9.17) is 0 Å². The summed E-state index contributed by atoms with van der Waals surface area (Å²) < 4.78 is 2.43. The second kappa shape index (κ2) is 7.78. The minimum atomic E-state index is 0.0656. The molecule has 0 spiro atoms. The predicted octanol–water partition coefficient (Wildman–Crippen LogP) is 5.75. The van der Waals surface area contributed by atoms with Crippen LogP contribution in [0.4, 0.5) is 0 Å². The lowest BCUT2D eigenvalue weighted by Gasteiger charge is -2.51. The number of nitrogens with zero attached hydrogens (tertiary/aromatic N) is 2. The summed E-state index contributed by atoms with van der Waals surface area (Å²) in [6.07, 6.45) is 3.25. The van der Waals surface area contributed by atoms with Crippen LogP contribution in [0.3, 0.4) is 0 Å². The third-order valence-corrected chi connectivity index (χ3v) is 8.33. The van der Waals surface area contributed by atoms with Crippen LogP contribution in [0.15, 0.2) is 72.8 Å². The Labute approximate surface area is 196 Å². The minimum Gasteiger partial charge on any atom is -0.508 e. The van der Waals surface area contributed by atoms with Gasteiger partial charge < -0.3 is 9.67 Å². The van der Waals surface area contributed by atoms with Crippen LogP contribution in [0.25, 0.3) is 10.9 Å². The summed E-state index contributed by atoms with van der Waals surface area (Å²) in [6.45, 7) is 5.38. The van der Waals surface area contributed by atoms with Crippen LogP contribution in [0.5, 0.6) is 5.75 Å². The Kier molecular flexibility index (Phi) is 4.84. The Morgan fingerprint density at radius 2 is 1.85 bits per heavy atom. The number of piperidine rings is 1. The predicted molar refractivity (Wildman–Crippen MR) is 135 cm³/mol. The zero-order chi connectivity index (χ0) is 22.6. The standard InChI is InChI=1S/C30H32N2O/c1-21-11-12-28-26(15-21)27-17-24-20-32(19-22-7-4-3-5-8-22)14-13-30(24,18-29(27)31(28)2)23-9-6-10-25(33)16-23/h3-12,15-16,24,33H,13-14,17-20H2,1-2H3. The van der Waals surface area contributed by atoms with Gasteiger partial charge in [-0.05, 0) is 79.6 Å². The van der Waals surface area contributed by atoms with Gasteiger partial charge in [0, 0.05) is 42.1 Å². The monoisotopic (exact) mass is 436 g/mol. The highest BCUT2D eigenvalue weighted by molar-refractivity contribution is 5.86. The molecule has 0 bridgehead atoms. The van der Waals surface area contributed by atoms with E-state index in [0.717, 1.165) is 38.9 Å². The van der Waals surface area contributed by atoms with Gasteiger partial charge in [-0.15, -0.1) is 0 Å². The van der Waals surface area contributed by atoms with Gasteiger partial charge in [-0.1, -0.05) is 54.1 Å². The van der Waals surface area contributed by atoms with Crippen LogP contribution in [-0.4, -0.2) is 27.7 Å². The smallest absolute Gasteiger partial charge is 0.115 e. The number of aryl methyl sites for hydroxylation is 2. The highest BCUT2D eigenvalue weighted by atomic mass is 16.3. The van der Waals surface area contributed by atoms with E-state index in [1.165, 1.54) is 33.3 Å². The molecule has 0 saturated carbocycles. The molecule has 0 amide bonds. The van der Waals surface area contributed by atoms with Crippen molar-refractivity contribution in [2.24, 2.45) is 13.0 Å². The molecule has 1 aliphatic carbocycles. The first kappa shape index (κ1) is 20.6. The summed E-state index contributed by atoms with van der Waals surface area (Å²) in [5.41, 5.74) is 8.45. The molecule has 3 nitrogen and oxygen atoms in total. The van der Waals surface area contributed by atoms with Gasteiger partial charge in [-0.25, -0.2) is 0 Å². The van der Waals surface area contributed by atoms with Crippen LogP contribution in [0, 0.1) is 12.8 Å². The lowest BCUT2D eigenvalue weighted by molar-refractivity contribution is 0.0758. The van der Waals surface area contributed by atoms with Gasteiger partial charge in [0.25, 0.3) is 0 Å². The molecule has 1 fully saturated rings. The van der Waals surface area contributed by atoms with E-state index in [0.29, 0.717) is 11.7 Å². The second-order valence-corrected chi connectivity index (χ2v) is 10.3. The van der Waals surface area contributed by atoms with Crippen molar-refractivity contribution in [2.75, 3.05) is 13.1 Å². The number of phenols is 1. The largest absolute Gasteiger partial charge is 0.508 e. The number of aromatic nitrogens is 1. The molecule has 4 aromatic rings. The quantitative estimate of drug-likeness (QED) is 0.443. The van der Waals surface area contributed by atoms with Gasteiger partial charge in [-0.3, -0.25) is 4.90 Å². The normalized spacial score (nSPS) is 22.8. The molecule has 0 radical (unpaired) electrons. The van der Waals surface area contributed by atoms with Gasteiger partial charge in [-0.2, -0.15) is 0 Å². The van der Waals surface area contributed by atoms with Crippen LogP contribution in [0.1, 0.15) is 34.4 Å². The fourth-order valence-electron chi connectivity index (χ4n) is 6.60. The van der Waals surface area contributed by atoms with E-state index in [-0.39, 0.29) is 5.41 Å². The molecule has 1 N–H and O–H groups in total. The number of rotatable bonds is 3. The van der Waals surface area contributed by atoms with Crippen molar-refractivity contribution in [2.45, 2.75) is 38.1 Å². The average Bonchev–Trinajstić information content (AvgIpc) is 3.08. The van der Waals surface area contributed by atoms with E-state index in [1.807, 2.05) is 12.1 Å². The summed E-state index contributed by atoms with van der Waals surface area (Å²) in [5.74, 6) is 0.904. The second-order valence-electron chi connectivity index (χ2n) is 10.3. The van der Waals surface area contributed by atoms with Gasteiger partial charge in [0.15, 0.2) is 0 Å². The van der Waals surface area contributed by atoms with Crippen molar-refractivity contribution in [1.82, 2.24) is 9.47 Å². The van der Waals surface area contributed by atoms with Crippen molar-refractivity contribution < 1.29 is 5.11 Å². The summed E-state index contributed by atoms with van der Waals surface area (Å²) in [4.78, 5) is 2.64. The number of aromatic hydroxyl groups is 1. The van der Waals surface area contributed by atoms with Crippen molar-refractivity contribution >= 4 is 10.9 Å². The fraction of sp³-hybridized carbons (Fsp3) is 0.333. The first-order valence-electron chi connectivity index (χ1n) is 12.2. The number of benzene rings is 3. The number of likely N-dealkylation sites (tertiary alicyclic amines) is 1. The molecule has 168 valence electrons. The van der Waals surface area contributed by atoms with Crippen LogP contribution < -0.4 is 0 Å². The molecule has 33 heavy (non-hydrogen) atoms. The molecule has 2 atom stereocenters. The Balaban J connectivity index is 1.44. The van der Waals surface area contributed by atoms with Crippen LogP contribution in [0.2, 0.25) is 0 Å². The highest BCUT2D eigenvalue weighted by Crippen LogP contribution is 2.50. The maximum atomic E-state index is 10.4. The van der Waals surface area contributed by atoms with Gasteiger partial charge in [0.2, 0.25) is 0 Å². The topological polar surface area (TPSA) is 28.4 Å². The van der Waals surface area contributed by atoms with Crippen LogP contribution >= 0.6 is 0 Å². The lowest BCUT2D eigenvalue weighted by atomic mass is 9.58. The van der Waals surface area contributed by atoms with Gasteiger partial charge in [0.05, 0.1) is 0 Å². The van der Waals surface area contributed by atoms with Crippen molar-refractivity contribution in [1.29, 1.82) is 0 Å². The number of hydrogen-bond acceptors (Lipinski definition) is 2. The molecule has 2 heterocycles. The third-order valence-electron chi connectivity index (χ3n) is 8.33. The Hall–Kier alpha value is -3.04. The molecule has 1 saturated heterocycles. The van der Waals surface area contributed by atoms with Crippen molar-refractivity contribution in [3.8, 4) is 5.75 Å². The van der Waals surface area contributed by atoms with Crippen molar-refractivity contribution in [3.05, 3.63) is 101 Å². The van der Waals surface area contributed by atoms with E-state index >= 15 is 0 Å². The zero-order valence-electron chi connectivity index (χ0n) is 19.6. The van der Waals surface area contributed by atoms with Gasteiger partial charge in [0.1, 0.15) is 5.75 Å². The first-order chi connectivity index (χ1) is 16.0. The Bertz CT molecular complexity index is 1320. The van der Waals surface area contributed by atoms with E-state index in [1.54, 1.807) is 11.6 Å². The summed E-state index contributed by atoms with van der Waals surface area (Å²) >= 11 is 0. The Morgan fingerprint density at radius 3 is 2.67 bits per heavy atom. The summed E-state index contributed by atoms with van der Waals surface area (Å²) in [7, 11) is 2.23. The molecule has 6 rings (SSSR count). The lowest BCUT2D eigenvalue weighted by Crippen LogP contribution is -2.53. The number of fused-ring (bicyclic) bond motifs is 4. The molecule has 2 aliphatic rings. The van der Waals surface area contributed by atoms with Crippen LogP contribution in [-0.2, 0) is 31.8 Å². The Morgan fingerprint density at radius 1 is 1.00 bits per heavy atom. The highest BCUT2D eigenvalue weighted by Gasteiger charge is 2.48. The molecule has 1 aliphatic heterocycles. The fourth-order valence-corrected chi connectivity index (χ4v) is 6.60. The van der Waals surface area contributed by atoms with E-state index < -0.39 is 0 Å². The molecule has 3 aromatic carbocycles. The number of phenolic OH excluding ortho intramolecular Hbond substituents is 1. The third kappa shape index (κ3) is 3.38. The molecular formula is C30H32N2O. The molecule has 1 aromatic heterocycles. The average molecular weight is 437 g/mol. The minimum absolute atomic E-state index is 0.0656. The van der Waals surface area contributed by atoms with Crippen molar-refractivity contribution in [3.63, 3.8) is 0 Å². The SMILES string of the molecule is Cc1ccc2c(c1)c1c(n2C)CC2(c3cccc(O)c3)CCN(Cc3ccccc3)CC2C1. The maximum absolute atomic E-state index is 10.4. The van der Waals surface area contributed by atoms with E-state index in [9.17, 15) is 5.11 Å². The molecule has 2 unspecified atom stereocenters. The summed E-state index contributed by atoms with van der Waals surface area (Å²) in [6, 6.07) is 25.8. The van der Waals surface area contributed by atoms with Gasteiger partial charge >= 0.3 is 0 Å². The van der Waals surface area contributed by atoms with E-state index in [2.05, 4.69) is 78.0 Å². The molecular weight excluding hydrogens is 404 g/mol.